The van der Waals surface area contributed by atoms with Gasteiger partial charge in [-0.2, -0.15) is 5.10 Å². The van der Waals surface area contributed by atoms with Crippen LogP contribution in [-0.4, -0.2) is 21.7 Å². The Bertz CT molecular complexity index is 927. The molecule has 2 aliphatic rings. The van der Waals surface area contributed by atoms with Crippen molar-refractivity contribution in [2.45, 2.75) is 31.7 Å². The van der Waals surface area contributed by atoms with Gasteiger partial charge in [0, 0.05) is 24.4 Å². The van der Waals surface area contributed by atoms with Gasteiger partial charge in [-0.1, -0.05) is 48.5 Å². The molecular formula is C21H19N3O. The van der Waals surface area contributed by atoms with Crippen molar-refractivity contribution in [2.24, 2.45) is 0 Å². The highest BCUT2D eigenvalue weighted by molar-refractivity contribution is 6.01. The van der Waals surface area contributed by atoms with Gasteiger partial charge in [0.2, 0.25) is 5.91 Å². The molecule has 2 heterocycles. The van der Waals surface area contributed by atoms with Gasteiger partial charge in [-0.15, -0.1) is 0 Å². The highest BCUT2D eigenvalue weighted by atomic mass is 16.2. The maximum absolute atomic E-state index is 12.7. The topological polar surface area (TPSA) is 38.1 Å². The molecule has 1 amide bonds. The van der Waals surface area contributed by atoms with E-state index in [0.29, 0.717) is 12.5 Å². The third-order valence-corrected chi connectivity index (χ3v) is 4.98. The number of nitrogens with zero attached hydrogens (tertiary/aromatic N) is 3. The monoisotopic (exact) mass is 329 g/mol. The number of hydrogen-bond acceptors (Lipinski definition) is 2. The van der Waals surface area contributed by atoms with Gasteiger partial charge >= 0.3 is 0 Å². The van der Waals surface area contributed by atoms with Gasteiger partial charge in [0.25, 0.3) is 0 Å². The Morgan fingerprint density at radius 3 is 2.24 bits per heavy atom. The lowest BCUT2D eigenvalue weighted by atomic mass is 10.0. The van der Waals surface area contributed by atoms with E-state index in [4.69, 9.17) is 5.10 Å². The van der Waals surface area contributed by atoms with E-state index in [9.17, 15) is 4.79 Å². The van der Waals surface area contributed by atoms with E-state index in [1.807, 2.05) is 46.0 Å². The number of fused-ring (bicyclic) bond motifs is 1. The number of aryl methyl sites for hydroxylation is 1. The molecule has 0 unspecified atom stereocenters. The Balaban J connectivity index is 1.79. The second-order valence-corrected chi connectivity index (χ2v) is 6.75. The Morgan fingerprint density at radius 2 is 1.56 bits per heavy atom. The van der Waals surface area contributed by atoms with Crippen LogP contribution in [0.1, 0.15) is 25.0 Å². The zero-order chi connectivity index (χ0) is 16.8. The Labute approximate surface area is 146 Å². The quantitative estimate of drug-likeness (QED) is 0.729. The molecular weight excluding hydrogens is 310 g/mol. The molecule has 0 saturated heterocycles. The summed E-state index contributed by atoms with van der Waals surface area (Å²) in [5.41, 5.74) is 5.21. The molecule has 1 aromatic heterocycles. The smallest absolute Gasteiger partial charge is 0.227 e. The Hall–Kier alpha value is -2.88. The first-order valence-corrected chi connectivity index (χ1v) is 8.88. The molecule has 0 spiro atoms. The summed E-state index contributed by atoms with van der Waals surface area (Å²) in [6.07, 6.45) is 3.46. The molecule has 5 rings (SSSR count). The van der Waals surface area contributed by atoms with Crippen LogP contribution >= 0.6 is 0 Å². The maximum Gasteiger partial charge on any atom is 0.227 e. The second-order valence-electron chi connectivity index (χ2n) is 6.75. The minimum absolute atomic E-state index is 0.236. The minimum Gasteiger partial charge on any atom is -0.306 e. The van der Waals surface area contributed by atoms with E-state index in [0.717, 1.165) is 47.6 Å². The van der Waals surface area contributed by atoms with Crippen LogP contribution in [0.25, 0.3) is 16.9 Å². The van der Waals surface area contributed by atoms with E-state index < -0.39 is 0 Å². The number of amides is 1. The van der Waals surface area contributed by atoms with Gasteiger partial charge in [0.05, 0.1) is 22.8 Å². The minimum atomic E-state index is 0.236. The van der Waals surface area contributed by atoms with E-state index in [2.05, 4.69) is 24.3 Å². The number of carbonyl (C=O) groups is 1. The van der Waals surface area contributed by atoms with Crippen molar-refractivity contribution >= 4 is 11.6 Å². The van der Waals surface area contributed by atoms with Gasteiger partial charge in [-0.05, 0) is 25.0 Å². The third kappa shape index (κ3) is 2.37. The average Bonchev–Trinajstić information content (AvgIpc) is 3.42. The van der Waals surface area contributed by atoms with Crippen molar-refractivity contribution < 1.29 is 4.79 Å². The van der Waals surface area contributed by atoms with Gasteiger partial charge in [-0.25, -0.2) is 4.68 Å². The van der Waals surface area contributed by atoms with E-state index in [-0.39, 0.29) is 5.91 Å². The first-order valence-electron chi connectivity index (χ1n) is 8.88. The predicted molar refractivity (Wildman–Crippen MR) is 97.8 cm³/mol. The first-order chi connectivity index (χ1) is 12.3. The lowest BCUT2D eigenvalue weighted by molar-refractivity contribution is -0.119. The fourth-order valence-electron chi connectivity index (χ4n) is 3.68. The molecule has 0 radical (unpaired) electrons. The molecule has 1 saturated carbocycles. The van der Waals surface area contributed by atoms with E-state index in [1.165, 1.54) is 0 Å². The molecule has 4 nitrogen and oxygen atoms in total. The number of benzene rings is 2. The molecule has 0 atom stereocenters. The van der Waals surface area contributed by atoms with E-state index >= 15 is 0 Å². The van der Waals surface area contributed by atoms with Crippen LogP contribution in [0.15, 0.2) is 60.7 Å². The van der Waals surface area contributed by atoms with Crippen molar-refractivity contribution in [3.05, 3.63) is 66.4 Å². The second kappa shape index (κ2) is 5.59. The van der Waals surface area contributed by atoms with Crippen LogP contribution in [0.2, 0.25) is 0 Å². The predicted octanol–water partition coefficient (Wildman–Crippen LogP) is 3.98. The van der Waals surface area contributed by atoms with Crippen LogP contribution in [0.3, 0.4) is 0 Å². The summed E-state index contributed by atoms with van der Waals surface area (Å²) < 4.78 is 2.01. The van der Waals surface area contributed by atoms with Crippen molar-refractivity contribution in [3.8, 4) is 16.9 Å². The Kier molecular flexibility index (Phi) is 3.23. The molecule has 4 heteroatoms. The molecule has 1 aliphatic heterocycles. The summed E-state index contributed by atoms with van der Waals surface area (Å²) in [6.45, 7) is 0. The molecule has 0 N–H and O–H groups in total. The van der Waals surface area contributed by atoms with Crippen LogP contribution in [-0.2, 0) is 11.2 Å². The zero-order valence-corrected chi connectivity index (χ0v) is 13.9. The van der Waals surface area contributed by atoms with Crippen molar-refractivity contribution in [1.29, 1.82) is 0 Å². The maximum atomic E-state index is 12.7. The lowest BCUT2D eigenvalue weighted by Crippen LogP contribution is -2.36. The fraction of sp³-hybridized carbons (Fsp3) is 0.238. The first kappa shape index (κ1) is 14.5. The zero-order valence-electron chi connectivity index (χ0n) is 13.9. The number of carbonyl (C=O) groups excluding carboxylic acids is 1. The third-order valence-electron chi connectivity index (χ3n) is 4.98. The van der Waals surface area contributed by atoms with Crippen molar-refractivity contribution in [1.82, 2.24) is 9.78 Å². The van der Waals surface area contributed by atoms with Crippen molar-refractivity contribution in [3.63, 3.8) is 0 Å². The summed E-state index contributed by atoms with van der Waals surface area (Å²) >= 11 is 0. The highest BCUT2D eigenvalue weighted by Crippen LogP contribution is 2.44. The normalized spacial score (nSPS) is 16.8. The van der Waals surface area contributed by atoms with E-state index in [1.54, 1.807) is 0 Å². The number of hydrogen-bond donors (Lipinski definition) is 0. The van der Waals surface area contributed by atoms with Gasteiger partial charge in [-0.3, -0.25) is 4.79 Å². The molecule has 0 bridgehead atoms. The number of anilines is 1. The van der Waals surface area contributed by atoms with Crippen LogP contribution in [0.5, 0.6) is 0 Å². The van der Waals surface area contributed by atoms with Crippen molar-refractivity contribution in [2.75, 3.05) is 4.90 Å². The molecule has 2 aromatic carbocycles. The molecule has 25 heavy (non-hydrogen) atoms. The molecule has 3 aromatic rings. The standard InChI is InChI=1S/C21H19N3O/c25-19-14-13-18-21(23(19)16-11-12-16)20(15-7-3-1-4-8-15)24(22-18)17-9-5-2-6-10-17/h1-10,16H,11-14H2. The summed E-state index contributed by atoms with van der Waals surface area (Å²) in [6, 6.07) is 20.8. The van der Waals surface area contributed by atoms with Crippen LogP contribution in [0.4, 0.5) is 5.69 Å². The summed E-state index contributed by atoms with van der Waals surface area (Å²) in [7, 11) is 0. The largest absolute Gasteiger partial charge is 0.306 e. The SMILES string of the molecule is O=C1CCc2nn(-c3ccccc3)c(-c3ccccc3)c2N1C1CC1. The molecule has 1 aliphatic carbocycles. The number of aromatic nitrogens is 2. The van der Waals surface area contributed by atoms with Crippen LogP contribution < -0.4 is 4.90 Å². The Morgan fingerprint density at radius 1 is 0.880 bits per heavy atom. The van der Waals surface area contributed by atoms with Gasteiger partial charge in [0.1, 0.15) is 0 Å². The number of para-hydroxylation sites is 1. The fourth-order valence-corrected chi connectivity index (χ4v) is 3.68. The lowest BCUT2D eigenvalue weighted by Gasteiger charge is -2.27. The summed E-state index contributed by atoms with van der Waals surface area (Å²) in [5, 5.41) is 4.91. The average molecular weight is 329 g/mol. The van der Waals surface area contributed by atoms with Gasteiger partial charge in [0.15, 0.2) is 0 Å². The highest BCUT2D eigenvalue weighted by Gasteiger charge is 2.40. The summed E-state index contributed by atoms with van der Waals surface area (Å²) in [5.74, 6) is 0.236. The summed E-state index contributed by atoms with van der Waals surface area (Å²) in [4.78, 5) is 14.7. The molecule has 124 valence electrons. The number of rotatable bonds is 3. The molecule has 1 fully saturated rings. The van der Waals surface area contributed by atoms with Gasteiger partial charge < -0.3 is 4.90 Å². The van der Waals surface area contributed by atoms with Crippen LogP contribution in [0, 0.1) is 0 Å².